The van der Waals surface area contributed by atoms with Gasteiger partial charge in [-0.25, -0.2) is 28.8 Å². The van der Waals surface area contributed by atoms with Crippen LogP contribution in [-0.4, -0.2) is 159 Å². The van der Waals surface area contributed by atoms with Crippen LogP contribution >= 0.6 is 0 Å². The van der Waals surface area contributed by atoms with Crippen molar-refractivity contribution in [2.75, 3.05) is 19.8 Å². The summed E-state index contributed by atoms with van der Waals surface area (Å²) >= 11 is 0. The van der Waals surface area contributed by atoms with Crippen LogP contribution in [0.2, 0.25) is 0 Å². The Morgan fingerprint density at radius 2 is 0.915 bits per heavy atom. The van der Waals surface area contributed by atoms with Crippen LogP contribution in [0.5, 0.6) is 0 Å². The minimum Gasteiger partial charge on any atom is -0.452 e. The molecule has 4 aliphatic carbocycles. The molecule has 6 aromatic rings. The van der Waals surface area contributed by atoms with Crippen molar-refractivity contribution in [3.63, 3.8) is 0 Å². The first kappa shape index (κ1) is 73.1. The summed E-state index contributed by atoms with van der Waals surface area (Å²) in [5, 5.41) is 13.4. The molecule has 106 heavy (non-hydrogen) atoms. The van der Waals surface area contributed by atoms with Gasteiger partial charge in [-0.2, -0.15) is 0 Å². The highest BCUT2D eigenvalue weighted by Crippen LogP contribution is 2.71. The third kappa shape index (κ3) is 14.6. The summed E-state index contributed by atoms with van der Waals surface area (Å²) in [7, 11) is 0. The van der Waals surface area contributed by atoms with Gasteiger partial charge in [0.15, 0.2) is 61.3 Å². The summed E-state index contributed by atoms with van der Waals surface area (Å²) in [4.78, 5) is 86.1. The fraction of sp³-hybridized carbons (Fsp3) is 0.482. The zero-order valence-corrected chi connectivity index (χ0v) is 60.1. The van der Waals surface area contributed by atoms with Crippen LogP contribution in [0.4, 0.5) is 0 Å². The lowest BCUT2D eigenvalue weighted by Gasteiger charge is -2.58. The number of allylic oxidation sites excluding steroid dienone is 1. The second kappa shape index (κ2) is 31.0. The fourth-order valence-corrected chi connectivity index (χ4v) is 18.8. The van der Waals surface area contributed by atoms with E-state index in [0.29, 0.717) is 48.3 Å². The number of esters is 6. The van der Waals surface area contributed by atoms with Crippen molar-refractivity contribution in [1.29, 1.82) is 0 Å². The fourth-order valence-electron chi connectivity index (χ4n) is 18.8. The molecule has 0 aromatic heterocycles. The van der Waals surface area contributed by atoms with Crippen molar-refractivity contribution in [1.82, 2.24) is 0 Å². The predicted molar refractivity (Wildman–Crippen MR) is 380 cm³/mol. The van der Waals surface area contributed by atoms with Gasteiger partial charge < -0.3 is 71.4 Å². The van der Waals surface area contributed by atoms with Crippen LogP contribution in [-0.2, 0) is 66.3 Å². The van der Waals surface area contributed by atoms with Gasteiger partial charge >= 0.3 is 35.8 Å². The molecule has 1 N–H and O–H groups in total. The van der Waals surface area contributed by atoms with E-state index in [4.69, 9.17) is 66.3 Å². The SMILES string of the molecule is C[C@@H]1CC[C@@]2(OC1)O[C@H]1C[C@H]3[C@@H]4CC=C5C[C@@H](O[C@@H]6OC[C@H](O[C@@H]7OC[C@@H](OC(=O)c8ccccc8)[C@H](OC(=O)c8ccccc8)[C@H]7OC(=O)c7ccccc7)[C@H](O)[C@H]6O[C@@H]6O[C@@H](C)[C@H](OC(=O)c7ccccc7)[C@@H](OC(=O)c7ccccc7)[C@H]6OC(=O)c6ccccc6)CC[C@]5(C)[C@H]4CC[C@]3(C)[C@H]1[C@@H]2C. The number of carbonyl (C=O) groups excluding carboxylic acids is 6. The average molecular weight is 1450 g/mol. The third-order valence-electron chi connectivity index (χ3n) is 24.3. The maximum absolute atomic E-state index is 14.7. The van der Waals surface area contributed by atoms with E-state index in [1.54, 1.807) is 153 Å². The Balaban J connectivity index is 0.757. The topological polar surface area (TPSA) is 252 Å². The quantitative estimate of drug-likeness (QED) is 0.0477. The summed E-state index contributed by atoms with van der Waals surface area (Å²) in [5.41, 5.74) is 2.07. The van der Waals surface area contributed by atoms with E-state index in [0.717, 1.165) is 51.6 Å². The summed E-state index contributed by atoms with van der Waals surface area (Å²) in [6.07, 6.45) is -10.4. The largest absolute Gasteiger partial charge is 0.452 e. The zero-order chi connectivity index (χ0) is 73.4. The lowest BCUT2D eigenvalue weighted by molar-refractivity contribution is -0.370. The normalized spacial score (nSPS) is 36.5. The number of fused-ring (bicyclic) bond motifs is 7. The van der Waals surface area contributed by atoms with Crippen molar-refractivity contribution < 1.29 is 100 Å². The maximum Gasteiger partial charge on any atom is 0.338 e. The lowest BCUT2D eigenvalue weighted by Crippen LogP contribution is -2.65. The van der Waals surface area contributed by atoms with Crippen LogP contribution in [0.3, 0.4) is 0 Å². The molecule has 5 aliphatic heterocycles. The average Bonchev–Trinajstić information content (AvgIpc) is 1.52. The number of hydrogen-bond donors (Lipinski definition) is 1. The van der Waals surface area contributed by atoms with E-state index in [-0.39, 0.29) is 50.3 Å². The first-order chi connectivity index (χ1) is 51.3. The molecule has 21 nitrogen and oxygen atoms in total. The molecule has 15 rings (SSSR count). The Morgan fingerprint density at radius 3 is 1.42 bits per heavy atom. The molecule has 21 heteroatoms. The van der Waals surface area contributed by atoms with Crippen molar-refractivity contribution in [3.05, 3.63) is 227 Å². The molecule has 0 radical (unpaired) electrons. The Morgan fingerprint density at radius 1 is 0.453 bits per heavy atom. The van der Waals surface area contributed by atoms with E-state index < -0.39 is 141 Å². The second-order valence-electron chi connectivity index (χ2n) is 30.6. The molecule has 0 amide bonds. The number of rotatable bonds is 18. The number of aliphatic hydroxyl groups is 1. The van der Waals surface area contributed by atoms with E-state index in [2.05, 4.69) is 33.8 Å². The zero-order valence-electron chi connectivity index (χ0n) is 60.1. The lowest BCUT2D eigenvalue weighted by atomic mass is 9.47. The van der Waals surface area contributed by atoms with Crippen LogP contribution in [0.1, 0.15) is 155 Å². The first-order valence-corrected chi connectivity index (χ1v) is 37.5. The van der Waals surface area contributed by atoms with Gasteiger partial charge in [0.2, 0.25) is 0 Å². The van der Waals surface area contributed by atoms with Crippen molar-refractivity contribution in [2.45, 2.75) is 190 Å². The Kier molecular flexibility index (Phi) is 21.4. The number of carbonyl (C=O) groups is 6. The van der Waals surface area contributed by atoms with E-state index in [9.17, 15) is 33.9 Å². The number of aliphatic hydroxyl groups excluding tert-OH is 1. The maximum atomic E-state index is 14.7. The molecular formula is C85H92O21. The molecule has 1 spiro atoms. The molecule has 6 aromatic carbocycles. The number of ether oxygens (including phenoxy) is 14. The monoisotopic (exact) mass is 1450 g/mol. The first-order valence-electron chi connectivity index (χ1n) is 37.5. The summed E-state index contributed by atoms with van der Waals surface area (Å²) in [6.45, 7) is 11.0. The third-order valence-corrected chi connectivity index (χ3v) is 24.3. The summed E-state index contributed by atoms with van der Waals surface area (Å²) < 4.78 is 92.6. The van der Waals surface area contributed by atoms with Gasteiger partial charge in [0.25, 0.3) is 0 Å². The molecule has 0 unspecified atom stereocenters. The van der Waals surface area contributed by atoms with Gasteiger partial charge in [0.05, 0.1) is 71.5 Å². The number of benzene rings is 6. The summed E-state index contributed by atoms with van der Waals surface area (Å²) in [5.74, 6) is -2.98. The Bertz CT molecular complexity index is 4100. The second-order valence-corrected chi connectivity index (χ2v) is 30.6. The van der Waals surface area contributed by atoms with Gasteiger partial charge in [0, 0.05) is 12.3 Å². The van der Waals surface area contributed by atoms with E-state index in [1.165, 1.54) is 42.0 Å². The minimum atomic E-state index is -1.81. The van der Waals surface area contributed by atoms with E-state index in [1.807, 2.05) is 0 Å². The molecule has 8 fully saturated rings. The van der Waals surface area contributed by atoms with Gasteiger partial charge in [-0.1, -0.05) is 149 Å². The Labute approximate surface area is 616 Å². The van der Waals surface area contributed by atoms with Crippen molar-refractivity contribution in [3.8, 4) is 0 Å². The van der Waals surface area contributed by atoms with Crippen LogP contribution in [0, 0.1) is 46.3 Å². The van der Waals surface area contributed by atoms with Crippen LogP contribution in [0.15, 0.2) is 194 Å². The Hall–Kier alpha value is -8.48. The molecule has 5 heterocycles. The van der Waals surface area contributed by atoms with Crippen LogP contribution in [0.25, 0.3) is 0 Å². The van der Waals surface area contributed by atoms with Crippen molar-refractivity contribution >= 4 is 35.8 Å². The molecule has 3 saturated carbocycles. The van der Waals surface area contributed by atoms with Gasteiger partial charge in [-0.15, -0.1) is 0 Å². The molecule has 0 bridgehead atoms. The standard InChI is InChI=1S/C85H92O21/c1-49-38-43-85(95-46-49)50(2)66-63(106-85)45-62-60-37-36-58-44-59(39-41-83(58,4)61(60)40-42-84(62,66)5)97-80-70(105-82-73(104-79(92)57-34-22-11-23-35-57)71(102-77(90)55-30-18-9-19-31-55)68(51(3)96-82)100-75(88)53-26-14-7-15-27-53)67(86)64(47-93-80)99-81-72(103-78(91)56-32-20-10-21-33-56)69(101-76(89)54-28-16-8-17-29-54)65(48-94-81)98-74(87)52-24-12-6-13-25-52/h6-36,49-51,59-73,80-82,86H,37-48H2,1-5H3/t49-,50+,51+,59+,60-,61+,62+,63+,64+,65-,66+,67+,68+,69+,70-,71-,72-,73-,80+,81+,82+,83+,84+,85-/m1/s1. The van der Waals surface area contributed by atoms with Gasteiger partial charge in [-0.3, -0.25) is 0 Å². The highest BCUT2D eigenvalue weighted by molar-refractivity contribution is 5.93. The van der Waals surface area contributed by atoms with Gasteiger partial charge in [0.1, 0.15) is 18.3 Å². The highest BCUT2D eigenvalue weighted by Gasteiger charge is 2.69. The molecule has 24 atom stereocenters. The smallest absolute Gasteiger partial charge is 0.338 e. The molecule has 5 saturated heterocycles. The highest BCUT2D eigenvalue weighted by atomic mass is 16.8. The predicted octanol–water partition coefficient (Wildman–Crippen LogP) is 12.7. The molecule has 9 aliphatic rings. The van der Waals surface area contributed by atoms with Gasteiger partial charge in [-0.05, 0) is 172 Å². The summed E-state index contributed by atoms with van der Waals surface area (Å²) in [6, 6.07) is 48.7. The minimum absolute atomic E-state index is 0.100. The number of hydrogen-bond acceptors (Lipinski definition) is 21. The molecular weight excluding hydrogens is 1360 g/mol. The van der Waals surface area contributed by atoms with Crippen LogP contribution < -0.4 is 0 Å². The van der Waals surface area contributed by atoms with E-state index >= 15 is 0 Å². The van der Waals surface area contributed by atoms with Crippen molar-refractivity contribution in [2.24, 2.45) is 46.3 Å². The molecule has 558 valence electrons.